The van der Waals surface area contributed by atoms with E-state index in [1.165, 1.54) is 6.07 Å². The van der Waals surface area contributed by atoms with Gasteiger partial charge in [0.1, 0.15) is 17.1 Å². The van der Waals surface area contributed by atoms with Gasteiger partial charge in [0.05, 0.1) is 17.6 Å². The second-order valence-electron chi connectivity index (χ2n) is 4.15. The molecule has 7 nitrogen and oxygen atoms in total. The second-order valence-corrected chi connectivity index (χ2v) is 4.15. The number of aliphatic hydroxyl groups excluding tert-OH is 1. The number of nitrogens with zero attached hydrogens (tertiary/aromatic N) is 1. The van der Waals surface area contributed by atoms with Crippen molar-refractivity contribution in [1.29, 1.82) is 0 Å². The number of ether oxygens (including phenoxy) is 1. The van der Waals surface area contributed by atoms with E-state index in [1.54, 1.807) is 24.3 Å². The molecular weight excluding hydrogens is 278 g/mol. The Kier molecular flexibility index (Phi) is 4.15. The number of aliphatic hydroxyl groups is 1. The van der Waals surface area contributed by atoms with Crippen LogP contribution in [0.2, 0.25) is 0 Å². The number of nitro benzene ring substituents is 1. The van der Waals surface area contributed by atoms with Gasteiger partial charge in [0.25, 0.3) is 5.69 Å². The van der Waals surface area contributed by atoms with Gasteiger partial charge in [0.15, 0.2) is 0 Å². The molecule has 0 atom stereocenters. The molecule has 0 fully saturated rings. The van der Waals surface area contributed by atoms with Gasteiger partial charge in [-0.1, -0.05) is 12.1 Å². The van der Waals surface area contributed by atoms with Gasteiger partial charge in [-0.2, -0.15) is 0 Å². The highest BCUT2D eigenvalue weighted by molar-refractivity contribution is 5.92. The van der Waals surface area contributed by atoms with Crippen LogP contribution in [0, 0.1) is 10.1 Å². The summed E-state index contributed by atoms with van der Waals surface area (Å²) >= 11 is 0. The van der Waals surface area contributed by atoms with Gasteiger partial charge in [-0.3, -0.25) is 10.1 Å². The number of carboxylic acid groups (broad SMARTS) is 1. The first-order chi connectivity index (χ1) is 10.0. The molecule has 0 bridgehead atoms. The van der Waals surface area contributed by atoms with Gasteiger partial charge >= 0.3 is 5.97 Å². The molecule has 0 aromatic heterocycles. The van der Waals surface area contributed by atoms with Crippen molar-refractivity contribution in [2.45, 2.75) is 6.61 Å². The highest BCUT2D eigenvalue weighted by Crippen LogP contribution is 2.28. The molecule has 0 amide bonds. The summed E-state index contributed by atoms with van der Waals surface area (Å²) in [6.45, 7) is -0.0982. The topological polar surface area (TPSA) is 110 Å². The fourth-order valence-corrected chi connectivity index (χ4v) is 1.71. The average molecular weight is 289 g/mol. The first-order valence-corrected chi connectivity index (χ1v) is 5.90. The third-order valence-electron chi connectivity index (χ3n) is 2.74. The van der Waals surface area contributed by atoms with Crippen LogP contribution >= 0.6 is 0 Å². The van der Waals surface area contributed by atoms with E-state index in [1.807, 2.05) is 0 Å². The molecule has 2 aromatic rings. The van der Waals surface area contributed by atoms with Crippen LogP contribution in [0.25, 0.3) is 0 Å². The summed E-state index contributed by atoms with van der Waals surface area (Å²) in [6.07, 6.45) is 0. The van der Waals surface area contributed by atoms with Crippen LogP contribution in [0.1, 0.15) is 15.9 Å². The Balaban J connectivity index is 2.29. The molecule has 2 aromatic carbocycles. The van der Waals surface area contributed by atoms with E-state index in [-0.39, 0.29) is 12.4 Å². The van der Waals surface area contributed by atoms with Crippen molar-refractivity contribution in [3.8, 4) is 11.5 Å². The molecule has 0 aliphatic heterocycles. The zero-order valence-electron chi connectivity index (χ0n) is 10.7. The lowest BCUT2D eigenvalue weighted by Crippen LogP contribution is -2.02. The molecule has 0 radical (unpaired) electrons. The minimum atomic E-state index is -1.37. The van der Waals surface area contributed by atoms with Crippen LogP contribution in [-0.2, 0) is 6.61 Å². The number of carboxylic acids is 1. The zero-order chi connectivity index (χ0) is 15.4. The Labute approximate surface area is 119 Å². The number of hydrogen-bond donors (Lipinski definition) is 2. The highest BCUT2D eigenvalue weighted by atomic mass is 16.6. The van der Waals surface area contributed by atoms with E-state index in [0.717, 1.165) is 12.1 Å². The molecule has 0 saturated carbocycles. The average Bonchev–Trinajstić information content (AvgIpc) is 2.47. The first kappa shape index (κ1) is 14.5. The Bertz CT molecular complexity index is 680. The van der Waals surface area contributed by atoms with Crippen molar-refractivity contribution in [2.75, 3.05) is 0 Å². The standard InChI is InChI=1S/C14H11NO6/c16-8-9-1-3-10(4-2-9)21-11-5-6-12(14(17)18)13(7-11)15(19)20/h1-7,16H,8H2,(H,17,18). The van der Waals surface area contributed by atoms with Gasteiger partial charge in [0.2, 0.25) is 0 Å². The summed E-state index contributed by atoms with van der Waals surface area (Å²) in [5, 5.41) is 28.7. The normalized spacial score (nSPS) is 10.1. The molecule has 0 saturated heterocycles. The summed E-state index contributed by atoms with van der Waals surface area (Å²) in [5.41, 5.74) is -0.232. The van der Waals surface area contributed by atoms with Gasteiger partial charge < -0.3 is 14.9 Å². The van der Waals surface area contributed by atoms with Crippen molar-refractivity contribution in [2.24, 2.45) is 0 Å². The number of rotatable bonds is 5. The SMILES string of the molecule is O=C(O)c1ccc(Oc2ccc(CO)cc2)cc1[N+](=O)[O-]. The molecular formula is C14H11NO6. The molecule has 0 aliphatic carbocycles. The van der Waals surface area contributed by atoms with Crippen LogP contribution in [0.3, 0.4) is 0 Å². The number of hydrogen-bond acceptors (Lipinski definition) is 5. The monoisotopic (exact) mass is 289 g/mol. The lowest BCUT2D eigenvalue weighted by Gasteiger charge is -2.07. The third-order valence-corrected chi connectivity index (χ3v) is 2.74. The van der Waals surface area contributed by atoms with E-state index in [2.05, 4.69) is 0 Å². The quantitative estimate of drug-likeness (QED) is 0.646. The van der Waals surface area contributed by atoms with E-state index in [9.17, 15) is 14.9 Å². The van der Waals surface area contributed by atoms with Gasteiger partial charge in [-0.25, -0.2) is 4.79 Å². The van der Waals surface area contributed by atoms with Crippen LogP contribution in [-0.4, -0.2) is 21.1 Å². The minimum Gasteiger partial charge on any atom is -0.477 e. The summed E-state index contributed by atoms with van der Waals surface area (Å²) in [5.74, 6) is -0.798. The predicted molar refractivity (Wildman–Crippen MR) is 72.5 cm³/mol. The predicted octanol–water partition coefficient (Wildman–Crippen LogP) is 2.58. The minimum absolute atomic E-state index is 0.0982. The maximum absolute atomic E-state index is 10.9. The second kappa shape index (κ2) is 6.02. The Morgan fingerprint density at radius 1 is 1.14 bits per heavy atom. The lowest BCUT2D eigenvalue weighted by molar-refractivity contribution is -0.385. The number of aromatic carboxylic acids is 1. The highest BCUT2D eigenvalue weighted by Gasteiger charge is 2.20. The van der Waals surface area contributed by atoms with Crippen molar-refractivity contribution < 1.29 is 24.7 Å². The Morgan fingerprint density at radius 2 is 1.76 bits per heavy atom. The van der Waals surface area contributed by atoms with Crippen LogP contribution < -0.4 is 4.74 Å². The van der Waals surface area contributed by atoms with Crippen molar-refractivity contribution in [1.82, 2.24) is 0 Å². The van der Waals surface area contributed by atoms with Crippen LogP contribution in [0.5, 0.6) is 11.5 Å². The maximum atomic E-state index is 10.9. The van der Waals surface area contributed by atoms with Crippen molar-refractivity contribution in [3.63, 3.8) is 0 Å². The fraction of sp³-hybridized carbons (Fsp3) is 0.0714. The number of carbonyl (C=O) groups is 1. The molecule has 2 rings (SSSR count). The summed E-state index contributed by atoms with van der Waals surface area (Å²) < 4.78 is 5.42. The molecule has 0 spiro atoms. The maximum Gasteiger partial charge on any atom is 0.342 e. The largest absolute Gasteiger partial charge is 0.477 e. The molecule has 108 valence electrons. The summed E-state index contributed by atoms with van der Waals surface area (Å²) in [6, 6.07) is 10.0. The van der Waals surface area contributed by atoms with E-state index in [4.69, 9.17) is 14.9 Å². The number of nitro groups is 1. The fourth-order valence-electron chi connectivity index (χ4n) is 1.71. The smallest absolute Gasteiger partial charge is 0.342 e. The van der Waals surface area contributed by atoms with Crippen LogP contribution in [0.4, 0.5) is 5.69 Å². The van der Waals surface area contributed by atoms with E-state index >= 15 is 0 Å². The third kappa shape index (κ3) is 3.34. The Hall–Kier alpha value is -2.93. The summed E-state index contributed by atoms with van der Waals surface area (Å²) in [4.78, 5) is 21.0. The number of benzene rings is 2. The first-order valence-electron chi connectivity index (χ1n) is 5.90. The van der Waals surface area contributed by atoms with E-state index in [0.29, 0.717) is 11.3 Å². The molecule has 0 heterocycles. The molecule has 21 heavy (non-hydrogen) atoms. The van der Waals surface area contributed by atoms with Gasteiger partial charge in [0, 0.05) is 0 Å². The Morgan fingerprint density at radius 3 is 2.29 bits per heavy atom. The van der Waals surface area contributed by atoms with E-state index < -0.39 is 22.1 Å². The van der Waals surface area contributed by atoms with Crippen molar-refractivity contribution in [3.05, 3.63) is 63.7 Å². The summed E-state index contributed by atoms with van der Waals surface area (Å²) in [7, 11) is 0. The zero-order valence-corrected chi connectivity index (χ0v) is 10.7. The van der Waals surface area contributed by atoms with Crippen LogP contribution in [0.15, 0.2) is 42.5 Å². The molecule has 7 heteroatoms. The molecule has 0 aliphatic rings. The van der Waals surface area contributed by atoms with Gasteiger partial charge in [-0.15, -0.1) is 0 Å². The molecule has 0 unspecified atom stereocenters. The van der Waals surface area contributed by atoms with Gasteiger partial charge in [-0.05, 0) is 29.8 Å². The van der Waals surface area contributed by atoms with Crippen molar-refractivity contribution >= 4 is 11.7 Å². The lowest BCUT2D eigenvalue weighted by atomic mass is 10.1. The molecule has 2 N–H and O–H groups in total.